The first-order chi connectivity index (χ1) is 16.4. The average Bonchev–Trinajstić information content (AvgIpc) is 3.16. The molecule has 1 aliphatic carbocycles. The van der Waals surface area contributed by atoms with Gasteiger partial charge in [0, 0.05) is 30.3 Å². The molecule has 10 nitrogen and oxygen atoms in total. The molecule has 6 rings (SSSR count). The Morgan fingerprint density at radius 3 is 2.88 bits per heavy atom. The van der Waals surface area contributed by atoms with Crippen molar-refractivity contribution in [1.29, 1.82) is 0 Å². The van der Waals surface area contributed by atoms with E-state index in [1.54, 1.807) is 47.0 Å². The number of hydrogen-bond donors (Lipinski definition) is 3. The number of fused-ring (bicyclic) bond motifs is 2. The number of alkyl halides is 1. The lowest BCUT2D eigenvalue weighted by atomic mass is 10.1. The van der Waals surface area contributed by atoms with Crippen LogP contribution < -0.4 is 10.6 Å². The standard InChI is InChI=1S/C21H16ClF2N9O/c1-32-14(2-3-27-32)30-20-18(24)17(22)16(10-5-26-31-19(10)20)12-7-33-8-13(28-15(33)6-25-12)29-21(34)9-4-11(9)23/h2-3,5-9,11,30H,4H2,1H3,(H,26,31)(H,29,34). The highest BCUT2D eigenvalue weighted by Crippen LogP contribution is 2.41. The maximum Gasteiger partial charge on any atom is 0.231 e. The molecule has 1 aromatic carbocycles. The van der Waals surface area contributed by atoms with Gasteiger partial charge in [-0.2, -0.15) is 10.2 Å². The van der Waals surface area contributed by atoms with Gasteiger partial charge >= 0.3 is 0 Å². The number of imidazole rings is 1. The van der Waals surface area contributed by atoms with Crippen LogP contribution in [-0.2, 0) is 11.8 Å². The van der Waals surface area contributed by atoms with E-state index in [0.717, 1.165) is 0 Å². The molecule has 34 heavy (non-hydrogen) atoms. The molecule has 1 saturated carbocycles. The second-order valence-corrected chi connectivity index (χ2v) is 8.39. The number of rotatable bonds is 5. The van der Waals surface area contributed by atoms with E-state index in [1.807, 2.05) is 0 Å². The van der Waals surface area contributed by atoms with Crippen molar-refractivity contribution < 1.29 is 13.6 Å². The summed E-state index contributed by atoms with van der Waals surface area (Å²) in [6, 6.07) is 1.70. The Morgan fingerprint density at radius 2 is 2.15 bits per heavy atom. The van der Waals surface area contributed by atoms with Gasteiger partial charge in [0.2, 0.25) is 5.91 Å². The minimum Gasteiger partial charge on any atom is -0.336 e. The Kier molecular flexibility index (Phi) is 4.52. The summed E-state index contributed by atoms with van der Waals surface area (Å²) in [6.45, 7) is 0. The number of hydrogen-bond acceptors (Lipinski definition) is 6. The lowest BCUT2D eigenvalue weighted by Crippen LogP contribution is -2.15. The van der Waals surface area contributed by atoms with Crippen molar-refractivity contribution in [2.45, 2.75) is 12.6 Å². The first-order valence-corrected chi connectivity index (χ1v) is 10.7. The molecule has 4 aromatic heterocycles. The van der Waals surface area contributed by atoms with Crippen molar-refractivity contribution in [2.24, 2.45) is 13.0 Å². The monoisotopic (exact) mass is 483 g/mol. The topological polar surface area (TPSA) is 118 Å². The molecule has 172 valence electrons. The molecule has 2 atom stereocenters. The third kappa shape index (κ3) is 3.25. The highest BCUT2D eigenvalue weighted by molar-refractivity contribution is 6.36. The number of nitrogens with zero attached hydrogens (tertiary/aromatic N) is 6. The van der Waals surface area contributed by atoms with Crippen molar-refractivity contribution in [3.63, 3.8) is 0 Å². The van der Waals surface area contributed by atoms with Gasteiger partial charge in [-0.3, -0.25) is 19.6 Å². The summed E-state index contributed by atoms with van der Waals surface area (Å²) in [4.78, 5) is 20.7. The third-order valence-corrected chi connectivity index (χ3v) is 6.12. The van der Waals surface area contributed by atoms with Crippen molar-refractivity contribution in [1.82, 2.24) is 34.3 Å². The fraction of sp³-hybridized carbons (Fsp3) is 0.190. The van der Waals surface area contributed by atoms with Crippen LogP contribution in [0.3, 0.4) is 0 Å². The molecule has 0 spiro atoms. The third-order valence-electron chi connectivity index (χ3n) is 5.76. The Hall–Kier alpha value is -4.06. The van der Waals surface area contributed by atoms with Gasteiger partial charge in [0.25, 0.3) is 0 Å². The van der Waals surface area contributed by atoms with Crippen LogP contribution in [0.2, 0.25) is 5.02 Å². The van der Waals surface area contributed by atoms with Crippen LogP contribution in [0.25, 0.3) is 27.8 Å². The van der Waals surface area contributed by atoms with E-state index in [0.29, 0.717) is 33.6 Å². The van der Waals surface area contributed by atoms with Crippen LogP contribution >= 0.6 is 11.6 Å². The summed E-state index contributed by atoms with van der Waals surface area (Å²) in [5.74, 6) is -0.889. The maximum atomic E-state index is 15.5. The second kappa shape index (κ2) is 7.48. The zero-order chi connectivity index (χ0) is 23.6. The molecule has 0 saturated heterocycles. The van der Waals surface area contributed by atoms with Crippen LogP contribution in [0, 0.1) is 11.7 Å². The van der Waals surface area contributed by atoms with E-state index in [1.165, 1.54) is 6.20 Å². The van der Waals surface area contributed by atoms with E-state index in [2.05, 4.69) is 35.9 Å². The summed E-state index contributed by atoms with van der Waals surface area (Å²) >= 11 is 6.49. The van der Waals surface area contributed by atoms with Crippen molar-refractivity contribution in [2.75, 3.05) is 10.6 Å². The number of anilines is 3. The second-order valence-electron chi connectivity index (χ2n) is 8.01. The molecule has 13 heteroatoms. The summed E-state index contributed by atoms with van der Waals surface area (Å²) < 4.78 is 31.8. The molecule has 0 radical (unpaired) electrons. The Bertz CT molecular complexity index is 1590. The van der Waals surface area contributed by atoms with E-state index in [9.17, 15) is 9.18 Å². The SMILES string of the molecule is Cn1nccc1Nc1c(F)c(Cl)c(-c2cn3cc(NC(=O)C4CC4F)nc3cn2)c2cn[nH]c12. The molecule has 1 amide bonds. The summed E-state index contributed by atoms with van der Waals surface area (Å²) in [6.07, 6.45) is 6.91. The maximum absolute atomic E-state index is 15.5. The normalized spacial score (nSPS) is 17.4. The van der Waals surface area contributed by atoms with Crippen LogP contribution in [0.4, 0.5) is 26.1 Å². The summed E-state index contributed by atoms with van der Waals surface area (Å²) in [7, 11) is 1.72. The van der Waals surface area contributed by atoms with Gasteiger partial charge in [-0.05, 0) is 6.42 Å². The number of aromatic amines is 1. The largest absolute Gasteiger partial charge is 0.336 e. The van der Waals surface area contributed by atoms with E-state index in [-0.39, 0.29) is 22.9 Å². The molecule has 1 fully saturated rings. The molecular weight excluding hydrogens is 468 g/mol. The van der Waals surface area contributed by atoms with Crippen LogP contribution in [-0.4, -0.2) is 46.4 Å². The number of H-pyrrole nitrogens is 1. The zero-order valence-corrected chi connectivity index (χ0v) is 18.3. The quantitative estimate of drug-likeness (QED) is 0.349. The van der Waals surface area contributed by atoms with Crippen molar-refractivity contribution in [3.8, 4) is 11.3 Å². The number of amides is 1. The zero-order valence-electron chi connectivity index (χ0n) is 17.6. The fourth-order valence-electron chi connectivity index (χ4n) is 3.85. The predicted octanol–water partition coefficient (Wildman–Crippen LogP) is 3.84. The first kappa shape index (κ1) is 20.5. The lowest BCUT2D eigenvalue weighted by Gasteiger charge is -2.13. The molecule has 0 aliphatic heterocycles. The van der Waals surface area contributed by atoms with E-state index < -0.39 is 23.8 Å². The number of halogens is 3. The minimum absolute atomic E-state index is 0.129. The van der Waals surface area contributed by atoms with Gasteiger partial charge in [0.05, 0.1) is 46.9 Å². The van der Waals surface area contributed by atoms with Gasteiger partial charge in [-0.25, -0.2) is 13.8 Å². The van der Waals surface area contributed by atoms with Gasteiger partial charge < -0.3 is 15.0 Å². The van der Waals surface area contributed by atoms with Gasteiger partial charge in [-0.15, -0.1) is 0 Å². The fourth-order valence-corrected chi connectivity index (χ4v) is 4.14. The van der Waals surface area contributed by atoms with Crippen LogP contribution in [0.5, 0.6) is 0 Å². The number of carbonyl (C=O) groups is 1. The van der Waals surface area contributed by atoms with Gasteiger partial charge in [0.15, 0.2) is 17.3 Å². The van der Waals surface area contributed by atoms with E-state index in [4.69, 9.17) is 11.6 Å². The Labute approximate surface area is 195 Å². The summed E-state index contributed by atoms with van der Waals surface area (Å²) in [5.41, 5.74) is 1.70. The number of carbonyl (C=O) groups excluding carboxylic acids is 1. The molecular formula is C21H16ClF2N9O. The Morgan fingerprint density at radius 1 is 1.32 bits per heavy atom. The molecule has 0 bridgehead atoms. The number of benzene rings is 1. The molecule has 1 aliphatic rings. The molecule has 3 N–H and O–H groups in total. The smallest absolute Gasteiger partial charge is 0.231 e. The van der Waals surface area contributed by atoms with Crippen LogP contribution in [0.15, 0.2) is 37.1 Å². The lowest BCUT2D eigenvalue weighted by molar-refractivity contribution is -0.117. The highest BCUT2D eigenvalue weighted by atomic mass is 35.5. The highest BCUT2D eigenvalue weighted by Gasteiger charge is 2.43. The number of aromatic nitrogens is 7. The Balaban J connectivity index is 1.41. The number of aryl methyl sites for hydroxylation is 1. The molecule has 5 aromatic rings. The van der Waals surface area contributed by atoms with E-state index >= 15 is 4.39 Å². The van der Waals surface area contributed by atoms with Gasteiger partial charge in [-0.1, -0.05) is 11.6 Å². The van der Waals surface area contributed by atoms with Crippen LogP contribution in [0.1, 0.15) is 6.42 Å². The number of nitrogens with one attached hydrogen (secondary N) is 3. The molecule has 2 unspecified atom stereocenters. The van der Waals surface area contributed by atoms with Gasteiger partial charge in [0.1, 0.15) is 17.7 Å². The summed E-state index contributed by atoms with van der Waals surface area (Å²) in [5, 5.41) is 17.0. The average molecular weight is 484 g/mol. The predicted molar refractivity (Wildman–Crippen MR) is 121 cm³/mol. The first-order valence-electron chi connectivity index (χ1n) is 10.3. The van der Waals surface area contributed by atoms with Crippen molar-refractivity contribution in [3.05, 3.63) is 47.9 Å². The molecule has 4 heterocycles. The minimum atomic E-state index is -1.10. The van der Waals surface area contributed by atoms with Crippen molar-refractivity contribution >= 4 is 51.4 Å².